The van der Waals surface area contributed by atoms with Gasteiger partial charge in [-0.3, -0.25) is 0 Å². The third-order valence-corrected chi connectivity index (χ3v) is 3.11. The van der Waals surface area contributed by atoms with Gasteiger partial charge in [-0.05, 0) is 12.0 Å². The summed E-state index contributed by atoms with van der Waals surface area (Å²) in [4.78, 5) is 0. The average molecular weight is 196 g/mol. The Morgan fingerprint density at radius 1 is 1.31 bits per heavy atom. The first-order valence-electron chi connectivity index (χ1n) is 4.75. The zero-order valence-corrected chi connectivity index (χ0v) is 8.30. The molecule has 1 atom stereocenters. The van der Waals surface area contributed by atoms with E-state index in [4.69, 9.17) is 11.6 Å². The number of hydrogen-bond acceptors (Lipinski definition) is 1. The predicted molar refractivity (Wildman–Crippen MR) is 56.1 cm³/mol. The van der Waals surface area contributed by atoms with Crippen LogP contribution in [-0.2, 0) is 6.42 Å². The standard InChI is InChI=1S/C11H14ClN/c12-11(10-7-13-8-10)6-9-4-2-1-3-5-9/h1-5,10-11,13H,6-8H2. The molecule has 1 nitrogen and oxygen atoms in total. The zero-order valence-electron chi connectivity index (χ0n) is 7.54. The fourth-order valence-corrected chi connectivity index (χ4v) is 1.93. The van der Waals surface area contributed by atoms with Gasteiger partial charge in [0, 0.05) is 24.4 Å². The topological polar surface area (TPSA) is 12.0 Å². The lowest BCUT2D eigenvalue weighted by atomic mass is 9.94. The first-order valence-corrected chi connectivity index (χ1v) is 5.18. The van der Waals surface area contributed by atoms with Crippen molar-refractivity contribution >= 4 is 11.6 Å². The van der Waals surface area contributed by atoms with E-state index >= 15 is 0 Å². The average Bonchev–Trinajstić information content (AvgIpc) is 2.02. The number of nitrogens with one attached hydrogen (secondary N) is 1. The van der Waals surface area contributed by atoms with Crippen molar-refractivity contribution in [3.63, 3.8) is 0 Å². The SMILES string of the molecule is ClC(Cc1ccccc1)C1CNC1. The summed E-state index contributed by atoms with van der Waals surface area (Å²) in [5.41, 5.74) is 1.34. The Kier molecular flexibility index (Phi) is 2.87. The van der Waals surface area contributed by atoms with Gasteiger partial charge in [-0.1, -0.05) is 30.3 Å². The van der Waals surface area contributed by atoms with Crippen molar-refractivity contribution in [1.29, 1.82) is 0 Å². The molecule has 2 heteroatoms. The van der Waals surface area contributed by atoms with Crippen molar-refractivity contribution in [3.8, 4) is 0 Å². The molecule has 1 aliphatic heterocycles. The monoisotopic (exact) mass is 195 g/mol. The number of benzene rings is 1. The Bertz CT molecular complexity index is 256. The summed E-state index contributed by atoms with van der Waals surface area (Å²) in [5.74, 6) is 0.668. The van der Waals surface area contributed by atoms with Crippen LogP contribution in [0, 0.1) is 5.92 Å². The Morgan fingerprint density at radius 3 is 2.54 bits per heavy atom. The van der Waals surface area contributed by atoms with Crippen LogP contribution >= 0.6 is 11.6 Å². The van der Waals surface area contributed by atoms with E-state index in [9.17, 15) is 0 Å². The van der Waals surface area contributed by atoms with Crippen LogP contribution in [0.25, 0.3) is 0 Å². The molecule has 0 aromatic heterocycles. The highest BCUT2D eigenvalue weighted by Crippen LogP contribution is 2.19. The smallest absolute Gasteiger partial charge is 0.0428 e. The van der Waals surface area contributed by atoms with Gasteiger partial charge in [0.1, 0.15) is 0 Å². The molecule has 0 aliphatic carbocycles. The minimum Gasteiger partial charge on any atom is -0.316 e. The van der Waals surface area contributed by atoms with Crippen molar-refractivity contribution in [2.75, 3.05) is 13.1 Å². The third-order valence-electron chi connectivity index (χ3n) is 2.60. The van der Waals surface area contributed by atoms with E-state index in [1.165, 1.54) is 5.56 Å². The summed E-state index contributed by atoms with van der Waals surface area (Å²) >= 11 is 6.28. The lowest BCUT2D eigenvalue weighted by molar-refractivity contribution is 0.333. The maximum Gasteiger partial charge on any atom is 0.0428 e. The van der Waals surface area contributed by atoms with Crippen molar-refractivity contribution in [2.24, 2.45) is 5.92 Å². The van der Waals surface area contributed by atoms with Gasteiger partial charge in [0.25, 0.3) is 0 Å². The van der Waals surface area contributed by atoms with Gasteiger partial charge >= 0.3 is 0 Å². The van der Waals surface area contributed by atoms with E-state index in [0.717, 1.165) is 19.5 Å². The van der Waals surface area contributed by atoms with Crippen LogP contribution in [0.1, 0.15) is 5.56 Å². The molecule has 1 aromatic carbocycles. The van der Waals surface area contributed by atoms with Crippen LogP contribution in [0.4, 0.5) is 0 Å². The Labute approximate surface area is 84.1 Å². The van der Waals surface area contributed by atoms with E-state index in [0.29, 0.717) is 11.3 Å². The largest absolute Gasteiger partial charge is 0.316 e. The number of alkyl halides is 1. The fraction of sp³-hybridized carbons (Fsp3) is 0.455. The molecule has 1 saturated heterocycles. The van der Waals surface area contributed by atoms with E-state index in [-0.39, 0.29) is 0 Å². The summed E-state index contributed by atoms with van der Waals surface area (Å²) in [7, 11) is 0. The van der Waals surface area contributed by atoms with Gasteiger partial charge < -0.3 is 5.32 Å². The van der Waals surface area contributed by atoms with E-state index in [2.05, 4.69) is 29.6 Å². The van der Waals surface area contributed by atoms with Crippen LogP contribution in [-0.4, -0.2) is 18.5 Å². The maximum atomic E-state index is 6.28. The quantitative estimate of drug-likeness (QED) is 0.729. The highest BCUT2D eigenvalue weighted by molar-refractivity contribution is 6.21. The number of hydrogen-bond donors (Lipinski definition) is 1. The van der Waals surface area contributed by atoms with Crippen LogP contribution in [0.2, 0.25) is 0 Å². The van der Waals surface area contributed by atoms with E-state index in [1.807, 2.05) is 6.07 Å². The van der Waals surface area contributed by atoms with Crippen molar-refractivity contribution < 1.29 is 0 Å². The number of halogens is 1. The second kappa shape index (κ2) is 4.12. The fourth-order valence-electron chi connectivity index (χ4n) is 1.57. The second-order valence-electron chi connectivity index (χ2n) is 3.62. The molecular formula is C11H14ClN. The minimum atomic E-state index is 0.295. The second-order valence-corrected chi connectivity index (χ2v) is 4.18. The highest BCUT2D eigenvalue weighted by Gasteiger charge is 2.24. The molecule has 0 amide bonds. The van der Waals surface area contributed by atoms with Crippen molar-refractivity contribution in [2.45, 2.75) is 11.8 Å². The predicted octanol–water partition coefficient (Wildman–Crippen LogP) is 2.06. The first kappa shape index (κ1) is 9.04. The molecule has 0 saturated carbocycles. The van der Waals surface area contributed by atoms with Crippen LogP contribution in [0.5, 0.6) is 0 Å². The normalized spacial score (nSPS) is 19.5. The van der Waals surface area contributed by atoms with Crippen molar-refractivity contribution in [1.82, 2.24) is 5.32 Å². The van der Waals surface area contributed by atoms with Crippen LogP contribution in [0.3, 0.4) is 0 Å². The Hall–Kier alpha value is -0.530. The Morgan fingerprint density at radius 2 is 2.00 bits per heavy atom. The molecule has 0 radical (unpaired) electrons. The van der Waals surface area contributed by atoms with Crippen LogP contribution < -0.4 is 5.32 Å². The molecule has 70 valence electrons. The highest BCUT2D eigenvalue weighted by atomic mass is 35.5. The molecule has 0 spiro atoms. The lowest BCUT2D eigenvalue weighted by Crippen LogP contribution is -2.47. The van der Waals surface area contributed by atoms with Gasteiger partial charge in [-0.2, -0.15) is 0 Å². The third kappa shape index (κ3) is 2.23. The molecule has 2 rings (SSSR count). The van der Waals surface area contributed by atoms with Crippen molar-refractivity contribution in [3.05, 3.63) is 35.9 Å². The molecule has 1 N–H and O–H groups in total. The lowest BCUT2D eigenvalue weighted by Gasteiger charge is -2.31. The molecule has 0 bridgehead atoms. The molecule has 1 aliphatic rings. The van der Waals surface area contributed by atoms with E-state index in [1.54, 1.807) is 0 Å². The van der Waals surface area contributed by atoms with Gasteiger partial charge in [0.2, 0.25) is 0 Å². The maximum absolute atomic E-state index is 6.28. The molecule has 13 heavy (non-hydrogen) atoms. The van der Waals surface area contributed by atoms with Gasteiger partial charge in [-0.25, -0.2) is 0 Å². The molecular weight excluding hydrogens is 182 g/mol. The summed E-state index contributed by atoms with van der Waals surface area (Å²) in [6.45, 7) is 2.17. The summed E-state index contributed by atoms with van der Waals surface area (Å²) in [5, 5.41) is 3.54. The minimum absolute atomic E-state index is 0.295. The molecule has 1 fully saturated rings. The van der Waals surface area contributed by atoms with Gasteiger partial charge in [-0.15, -0.1) is 11.6 Å². The summed E-state index contributed by atoms with van der Waals surface area (Å²) in [6.07, 6.45) is 0.995. The first-order chi connectivity index (χ1) is 6.36. The Balaban J connectivity index is 1.90. The zero-order chi connectivity index (χ0) is 9.10. The summed E-state index contributed by atoms with van der Waals surface area (Å²) in [6, 6.07) is 10.5. The van der Waals surface area contributed by atoms with Gasteiger partial charge in [0.15, 0.2) is 0 Å². The molecule has 1 unspecified atom stereocenters. The molecule has 1 aromatic rings. The summed E-state index contributed by atoms with van der Waals surface area (Å²) < 4.78 is 0. The van der Waals surface area contributed by atoms with Crippen LogP contribution in [0.15, 0.2) is 30.3 Å². The van der Waals surface area contributed by atoms with E-state index < -0.39 is 0 Å². The molecule has 1 heterocycles. The van der Waals surface area contributed by atoms with Gasteiger partial charge in [0.05, 0.1) is 0 Å². The number of rotatable bonds is 3.